The van der Waals surface area contributed by atoms with Crippen LogP contribution >= 0.6 is 0 Å². The van der Waals surface area contributed by atoms with Gasteiger partial charge in [-0.25, -0.2) is 4.99 Å². The summed E-state index contributed by atoms with van der Waals surface area (Å²) < 4.78 is 10.9. The Labute approximate surface area is 136 Å². The second-order valence-corrected chi connectivity index (χ2v) is 5.68. The minimum atomic E-state index is 0.0819. The van der Waals surface area contributed by atoms with Crippen LogP contribution in [0.5, 0.6) is 0 Å². The zero-order chi connectivity index (χ0) is 15.9. The molecule has 4 N–H and O–H groups in total. The van der Waals surface area contributed by atoms with E-state index in [1.807, 2.05) is 17.0 Å². The Morgan fingerprint density at radius 1 is 1.26 bits per heavy atom. The summed E-state index contributed by atoms with van der Waals surface area (Å²) in [5.74, 6) is 0.556. The van der Waals surface area contributed by atoms with Crippen molar-refractivity contribution < 1.29 is 9.47 Å². The topological polar surface area (TPSA) is 84.1 Å². The lowest BCUT2D eigenvalue weighted by atomic mass is 10.2. The minimum absolute atomic E-state index is 0.0819. The molecule has 2 aliphatic heterocycles. The number of nitrogens with zero attached hydrogens (tertiary/aromatic N) is 2. The summed E-state index contributed by atoms with van der Waals surface area (Å²) in [4.78, 5) is 6.53. The lowest BCUT2D eigenvalue weighted by Crippen LogP contribution is -2.46. The normalized spacial score (nSPS) is 23.0. The third-order valence-electron chi connectivity index (χ3n) is 3.98. The first kappa shape index (κ1) is 16.2. The van der Waals surface area contributed by atoms with Crippen LogP contribution in [0.2, 0.25) is 0 Å². The van der Waals surface area contributed by atoms with Crippen molar-refractivity contribution in [2.75, 3.05) is 46.0 Å². The molecule has 2 aliphatic rings. The Morgan fingerprint density at radius 2 is 2.04 bits per heavy atom. The summed E-state index contributed by atoms with van der Waals surface area (Å²) in [5, 5.41) is 6.68. The summed E-state index contributed by atoms with van der Waals surface area (Å²) >= 11 is 0. The second kappa shape index (κ2) is 8.26. The molecule has 1 atom stereocenters. The molecule has 1 unspecified atom stereocenters. The number of benzene rings is 1. The summed E-state index contributed by atoms with van der Waals surface area (Å²) in [7, 11) is 0. The fourth-order valence-corrected chi connectivity index (χ4v) is 2.61. The summed E-state index contributed by atoms with van der Waals surface area (Å²) in [5.41, 5.74) is 8.13. The van der Waals surface area contributed by atoms with Gasteiger partial charge in [-0.2, -0.15) is 0 Å². The summed E-state index contributed by atoms with van der Waals surface area (Å²) in [6.45, 7) is 6.31. The lowest BCUT2D eigenvalue weighted by molar-refractivity contribution is 0.00581. The van der Waals surface area contributed by atoms with E-state index in [1.165, 1.54) is 5.56 Å². The van der Waals surface area contributed by atoms with Gasteiger partial charge in [-0.1, -0.05) is 12.1 Å². The van der Waals surface area contributed by atoms with E-state index in [0.29, 0.717) is 19.2 Å². The molecule has 126 valence electrons. The van der Waals surface area contributed by atoms with E-state index >= 15 is 0 Å². The number of morpholine rings is 2. The quantitative estimate of drug-likeness (QED) is 0.535. The van der Waals surface area contributed by atoms with Crippen molar-refractivity contribution in [1.82, 2.24) is 15.5 Å². The molecule has 23 heavy (non-hydrogen) atoms. The number of nitrogens with one attached hydrogen (secondary N) is 2. The highest BCUT2D eigenvalue weighted by Crippen LogP contribution is 2.14. The van der Waals surface area contributed by atoms with Crippen LogP contribution in [0.3, 0.4) is 0 Å². The van der Waals surface area contributed by atoms with Gasteiger partial charge in [-0.3, -0.25) is 5.32 Å². The van der Waals surface area contributed by atoms with Gasteiger partial charge in [0.15, 0.2) is 5.96 Å². The van der Waals surface area contributed by atoms with Crippen LogP contribution < -0.4 is 16.4 Å². The largest absolute Gasteiger partial charge is 0.378 e. The molecule has 2 saturated heterocycles. The Bertz CT molecular complexity index is 508. The molecule has 2 heterocycles. The van der Waals surface area contributed by atoms with Crippen LogP contribution in [0.4, 0.5) is 5.69 Å². The Kier molecular flexibility index (Phi) is 5.82. The monoisotopic (exact) mass is 319 g/mol. The molecule has 3 rings (SSSR count). The van der Waals surface area contributed by atoms with Gasteiger partial charge >= 0.3 is 0 Å². The number of ether oxygens (including phenoxy) is 2. The molecule has 0 amide bonds. The SMILES string of the molecule is NC(=Nc1ccc(CNC2CNCCO2)cc1)N1CCOCC1. The maximum absolute atomic E-state index is 6.06. The van der Waals surface area contributed by atoms with Gasteiger partial charge < -0.3 is 25.4 Å². The van der Waals surface area contributed by atoms with Gasteiger partial charge in [-0.05, 0) is 17.7 Å². The van der Waals surface area contributed by atoms with E-state index in [9.17, 15) is 0 Å². The van der Waals surface area contributed by atoms with Crippen molar-refractivity contribution in [1.29, 1.82) is 0 Å². The molecule has 0 spiro atoms. The Hall–Kier alpha value is -1.67. The number of rotatable bonds is 4. The lowest BCUT2D eigenvalue weighted by Gasteiger charge is -2.27. The van der Waals surface area contributed by atoms with Crippen molar-refractivity contribution in [3.8, 4) is 0 Å². The average molecular weight is 319 g/mol. The fourth-order valence-electron chi connectivity index (χ4n) is 2.61. The van der Waals surface area contributed by atoms with E-state index in [0.717, 1.165) is 45.0 Å². The highest BCUT2D eigenvalue weighted by Gasteiger charge is 2.13. The third kappa shape index (κ3) is 4.90. The average Bonchev–Trinajstić information content (AvgIpc) is 2.63. The summed E-state index contributed by atoms with van der Waals surface area (Å²) in [6.07, 6.45) is 0.0819. The van der Waals surface area contributed by atoms with Gasteiger partial charge in [0.2, 0.25) is 0 Å². The van der Waals surface area contributed by atoms with Crippen LogP contribution in [0.1, 0.15) is 5.56 Å². The van der Waals surface area contributed by atoms with Crippen molar-refractivity contribution in [3.63, 3.8) is 0 Å². The Balaban J connectivity index is 1.51. The van der Waals surface area contributed by atoms with Gasteiger partial charge in [0, 0.05) is 32.7 Å². The second-order valence-electron chi connectivity index (χ2n) is 5.68. The molecule has 1 aromatic carbocycles. The zero-order valence-electron chi connectivity index (χ0n) is 13.3. The maximum atomic E-state index is 6.06. The van der Waals surface area contributed by atoms with Crippen molar-refractivity contribution in [3.05, 3.63) is 29.8 Å². The third-order valence-corrected chi connectivity index (χ3v) is 3.98. The highest BCUT2D eigenvalue weighted by molar-refractivity contribution is 5.81. The molecule has 0 saturated carbocycles. The minimum Gasteiger partial charge on any atom is -0.378 e. The number of nitrogens with two attached hydrogens (primary N) is 1. The van der Waals surface area contributed by atoms with Crippen LogP contribution in [0.25, 0.3) is 0 Å². The number of aliphatic imine (C=N–C) groups is 1. The first-order chi connectivity index (χ1) is 11.3. The van der Waals surface area contributed by atoms with Crippen LogP contribution in [0, 0.1) is 0 Å². The van der Waals surface area contributed by atoms with E-state index in [2.05, 4.69) is 27.8 Å². The molecular weight excluding hydrogens is 294 g/mol. The number of guanidine groups is 1. The van der Waals surface area contributed by atoms with E-state index < -0.39 is 0 Å². The predicted octanol–water partition coefficient (Wildman–Crippen LogP) is 0.000500. The molecule has 0 aliphatic carbocycles. The van der Waals surface area contributed by atoms with Crippen molar-refractivity contribution >= 4 is 11.6 Å². The van der Waals surface area contributed by atoms with Crippen LogP contribution in [0.15, 0.2) is 29.3 Å². The standard InChI is InChI=1S/C16H25N5O2/c17-16(21-6-9-22-10-7-21)20-14-3-1-13(2-4-14)11-19-15-12-18-5-8-23-15/h1-4,15,18-19H,5-12H2,(H2,17,20). The molecule has 0 aromatic heterocycles. The van der Waals surface area contributed by atoms with E-state index in [-0.39, 0.29) is 6.23 Å². The van der Waals surface area contributed by atoms with Crippen molar-refractivity contribution in [2.24, 2.45) is 10.7 Å². The van der Waals surface area contributed by atoms with Gasteiger partial charge in [0.1, 0.15) is 6.23 Å². The Morgan fingerprint density at radius 3 is 2.74 bits per heavy atom. The molecule has 0 bridgehead atoms. The van der Waals surface area contributed by atoms with Crippen molar-refractivity contribution in [2.45, 2.75) is 12.8 Å². The molecule has 1 aromatic rings. The molecule has 2 fully saturated rings. The maximum Gasteiger partial charge on any atom is 0.196 e. The fraction of sp³-hybridized carbons (Fsp3) is 0.562. The first-order valence-electron chi connectivity index (χ1n) is 8.13. The molecule has 0 radical (unpaired) electrons. The number of hydrogen-bond donors (Lipinski definition) is 3. The van der Waals surface area contributed by atoms with E-state index in [1.54, 1.807) is 0 Å². The van der Waals surface area contributed by atoms with Gasteiger partial charge in [-0.15, -0.1) is 0 Å². The molecule has 7 nitrogen and oxygen atoms in total. The van der Waals surface area contributed by atoms with Crippen LogP contribution in [-0.4, -0.2) is 63.1 Å². The summed E-state index contributed by atoms with van der Waals surface area (Å²) in [6, 6.07) is 8.11. The first-order valence-corrected chi connectivity index (χ1v) is 8.13. The van der Waals surface area contributed by atoms with E-state index in [4.69, 9.17) is 15.2 Å². The van der Waals surface area contributed by atoms with Gasteiger partial charge in [0.25, 0.3) is 0 Å². The number of hydrogen-bond acceptors (Lipinski definition) is 5. The van der Waals surface area contributed by atoms with Crippen LogP contribution in [-0.2, 0) is 16.0 Å². The highest BCUT2D eigenvalue weighted by atomic mass is 16.5. The molecular formula is C16H25N5O2. The molecule has 7 heteroatoms. The van der Waals surface area contributed by atoms with Gasteiger partial charge in [0.05, 0.1) is 25.5 Å². The predicted molar refractivity (Wildman–Crippen MR) is 89.6 cm³/mol. The zero-order valence-corrected chi connectivity index (χ0v) is 13.3. The smallest absolute Gasteiger partial charge is 0.196 e.